The Hall–Kier alpha value is -0.230. The number of hydrogen-bond acceptors (Lipinski definition) is 3. The molecular weight excluding hydrogens is 302 g/mol. The molecule has 0 aromatic heterocycles. The minimum atomic E-state index is -3.41. The summed E-state index contributed by atoms with van der Waals surface area (Å²) in [6, 6.07) is 6.72. The van der Waals surface area contributed by atoms with Gasteiger partial charge in [-0.05, 0) is 43.0 Å². The van der Waals surface area contributed by atoms with Crippen LogP contribution >= 0.6 is 23.4 Å². The summed E-state index contributed by atoms with van der Waals surface area (Å²) in [6.07, 6.45) is 2.86. The largest absolute Gasteiger partial charge is 0.243 e. The van der Waals surface area contributed by atoms with Crippen LogP contribution in [-0.4, -0.2) is 37.8 Å². The molecule has 0 aliphatic heterocycles. The van der Waals surface area contributed by atoms with Crippen molar-refractivity contribution in [2.24, 2.45) is 0 Å². The molecule has 1 aromatic rings. The van der Waals surface area contributed by atoms with Gasteiger partial charge in [0.05, 0.1) is 4.90 Å². The monoisotopic (exact) mass is 321 g/mol. The first-order valence-electron chi connectivity index (χ1n) is 6.05. The second-order valence-corrected chi connectivity index (χ2v) is 7.68. The van der Waals surface area contributed by atoms with E-state index >= 15 is 0 Å². The maximum atomic E-state index is 12.4. The van der Waals surface area contributed by atoms with Crippen LogP contribution in [0.15, 0.2) is 29.2 Å². The van der Waals surface area contributed by atoms with Crippen molar-refractivity contribution in [3.63, 3.8) is 0 Å². The zero-order valence-electron chi connectivity index (χ0n) is 11.5. The van der Waals surface area contributed by atoms with Gasteiger partial charge in [0.2, 0.25) is 10.0 Å². The van der Waals surface area contributed by atoms with Crippen molar-refractivity contribution in [1.82, 2.24) is 4.31 Å². The summed E-state index contributed by atoms with van der Waals surface area (Å²) in [7, 11) is -1.78. The molecule has 0 aliphatic rings. The molecule has 0 N–H and O–H groups in total. The Morgan fingerprint density at radius 1 is 1.32 bits per heavy atom. The third-order valence-electron chi connectivity index (χ3n) is 3.12. The van der Waals surface area contributed by atoms with Gasteiger partial charge in [0.15, 0.2) is 0 Å². The van der Waals surface area contributed by atoms with Crippen molar-refractivity contribution in [1.29, 1.82) is 0 Å². The number of hydrogen-bond donors (Lipinski definition) is 0. The van der Waals surface area contributed by atoms with Crippen molar-refractivity contribution >= 4 is 33.4 Å². The molecule has 0 bridgehead atoms. The standard InChI is InChI=1S/C13H20ClNO2S2/c1-11(8-9-18-3)15(2)19(16,17)13-6-4-12(10-14)5-7-13/h4-7,11H,8-10H2,1-3H3. The first-order valence-corrected chi connectivity index (χ1v) is 9.42. The van der Waals surface area contributed by atoms with Gasteiger partial charge in [0, 0.05) is 19.0 Å². The minimum absolute atomic E-state index is 0.00912. The summed E-state index contributed by atoms with van der Waals surface area (Å²) in [6.45, 7) is 1.93. The number of halogens is 1. The Kier molecular flexibility index (Phi) is 6.66. The summed E-state index contributed by atoms with van der Waals surface area (Å²) < 4.78 is 26.3. The lowest BCUT2D eigenvalue weighted by Gasteiger charge is -2.24. The highest BCUT2D eigenvalue weighted by molar-refractivity contribution is 7.98. The Morgan fingerprint density at radius 2 is 1.89 bits per heavy atom. The second-order valence-electron chi connectivity index (χ2n) is 4.43. The summed E-state index contributed by atoms with van der Waals surface area (Å²) in [5.74, 6) is 1.34. The molecule has 1 aromatic carbocycles. The third-order valence-corrected chi connectivity index (χ3v) is 6.05. The molecule has 0 fully saturated rings. The maximum absolute atomic E-state index is 12.4. The van der Waals surface area contributed by atoms with E-state index in [9.17, 15) is 8.42 Å². The van der Waals surface area contributed by atoms with Crippen LogP contribution in [0.25, 0.3) is 0 Å². The summed E-state index contributed by atoms with van der Waals surface area (Å²) in [5.41, 5.74) is 0.915. The van der Waals surface area contributed by atoms with Crippen LogP contribution in [0.5, 0.6) is 0 Å². The first kappa shape index (κ1) is 16.8. The van der Waals surface area contributed by atoms with Crippen LogP contribution in [-0.2, 0) is 15.9 Å². The minimum Gasteiger partial charge on any atom is -0.207 e. The SMILES string of the molecule is CSCCC(C)N(C)S(=O)(=O)c1ccc(CCl)cc1. The van der Waals surface area contributed by atoms with Crippen molar-refractivity contribution in [3.05, 3.63) is 29.8 Å². The zero-order valence-corrected chi connectivity index (χ0v) is 13.9. The van der Waals surface area contributed by atoms with Crippen molar-refractivity contribution in [2.75, 3.05) is 19.1 Å². The fourth-order valence-corrected chi connectivity index (χ4v) is 3.77. The van der Waals surface area contributed by atoms with Gasteiger partial charge in [-0.25, -0.2) is 8.42 Å². The van der Waals surface area contributed by atoms with E-state index in [0.29, 0.717) is 10.8 Å². The number of rotatable bonds is 7. The predicted molar refractivity (Wildman–Crippen MR) is 83.4 cm³/mol. The van der Waals surface area contributed by atoms with Crippen LogP contribution < -0.4 is 0 Å². The van der Waals surface area contributed by atoms with E-state index in [2.05, 4.69) is 0 Å². The number of alkyl halides is 1. The predicted octanol–water partition coefficient (Wildman–Crippen LogP) is 3.19. The molecule has 0 saturated heterocycles. The molecule has 3 nitrogen and oxygen atoms in total. The van der Waals surface area contributed by atoms with E-state index in [-0.39, 0.29) is 6.04 Å². The molecule has 0 saturated carbocycles. The smallest absolute Gasteiger partial charge is 0.207 e. The van der Waals surface area contributed by atoms with E-state index in [0.717, 1.165) is 17.7 Å². The summed E-state index contributed by atoms with van der Waals surface area (Å²) >= 11 is 7.42. The van der Waals surface area contributed by atoms with Crippen LogP contribution in [0.2, 0.25) is 0 Å². The molecule has 0 heterocycles. The molecule has 6 heteroatoms. The Morgan fingerprint density at radius 3 is 2.37 bits per heavy atom. The van der Waals surface area contributed by atoms with Crippen LogP contribution in [0.1, 0.15) is 18.9 Å². The van der Waals surface area contributed by atoms with Crippen molar-refractivity contribution < 1.29 is 8.42 Å². The molecule has 1 unspecified atom stereocenters. The topological polar surface area (TPSA) is 37.4 Å². The average Bonchev–Trinajstić information content (AvgIpc) is 2.43. The highest BCUT2D eigenvalue weighted by Crippen LogP contribution is 2.19. The van der Waals surface area contributed by atoms with Gasteiger partial charge < -0.3 is 0 Å². The first-order chi connectivity index (χ1) is 8.93. The zero-order chi connectivity index (χ0) is 14.5. The molecule has 1 rings (SSSR count). The highest BCUT2D eigenvalue weighted by atomic mass is 35.5. The second kappa shape index (κ2) is 7.53. The summed E-state index contributed by atoms with van der Waals surface area (Å²) in [4.78, 5) is 0.319. The van der Waals surface area contributed by atoms with Gasteiger partial charge >= 0.3 is 0 Å². The number of nitrogens with zero attached hydrogens (tertiary/aromatic N) is 1. The molecule has 0 spiro atoms. The highest BCUT2D eigenvalue weighted by Gasteiger charge is 2.24. The van der Waals surface area contributed by atoms with E-state index in [4.69, 9.17) is 11.6 Å². The lowest BCUT2D eigenvalue weighted by atomic mass is 10.2. The molecule has 1 atom stereocenters. The van der Waals surface area contributed by atoms with Gasteiger partial charge in [0.25, 0.3) is 0 Å². The number of benzene rings is 1. The Bertz CT molecular complexity index is 488. The van der Waals surface area contributed by atoms with Crippen LogP contribution in [0.4, 0.5) is 0 Å². The van der Waals surface area contributed by atoms with Gasteiger partial charge in [-0.2, -0.15) is 16.1 Å². The molecule has 0 radical (unpaired) electrons. The fraction of sp³-hybridized carbons (Fsp3) is 0.538. The van der Waals surface area contributed by atoms with Crippen LogP contribution in [0, 0.1) is 0 Å². The van der Waals surface area contributed by atoms with Crippen molar-refractivity contribution in [2.45, 2.75) is 30.2 Å². The van der Waals surface area contributed by atoms with E-state index < -0.39 is 10.0 Å². The lowest BCUT2D eigenvalue weighted by molar-refractivity contribution is 0.382. The molecule has 0 aliphatic carbocycles. The van der Waals surface area contributed by atoms with E-state index in [1.165, 1.54) is 4.31 Å². The normalized spacial score (nSPS) is 13.7. The van der Waals surface area contributed by atoms with Crippen molar-refractivity contribution in [3.8, 4) is 0 Å². The maximum Gasteiger partial charge on any atom is 0.243 e. The molecule has 19 heavy (non-hydrogen) atoms. The Balaban J connectivity index is 2.89. The quantitative estimate of drug-likeness (QED) is 0.724. The van der Waals surface area contributed by atoms with Gasteiger partial charge in [-0.15, -0.1) is 11.6 Å². The van der Waals surface area contributed by atoms with Crippen LogP contribution in [0.3, 0.4) is 0 Å². The summed E-state index contributed by atoms with van der Waals surface area (Å²) in [5, 5.41) is 0. The third kappa shape index (κ3) is 4.38. The average molecular weight is 322 g/mol. The lowest BCUT2D eigenvalue weighted by Crippen LogP contribution is -2.35. The Labute approximate surface area is 125 Å². The molecule has 108 valence electrons. The van der Waals surface area contributed by atoms with Gasteiger partial charge in [0.1, 0.15) is 0 Å². The van der Waals surface area contributed by atoms with Gasteiger partial charge in [-0.1, -0.05) is 12.1 Å². The van der Waals surface area contributed by atoms with Gasteiger partial charge in [-0.3, -0.25) is 0 Å². The molecular formula is C13H20ClNO2S2. The van der Waals surface area contributed by atoms with E-state index in [1.54, 1.807) is 43.1 Å². The number of thioether (sulfide) groups is 1. The fourth-order valence-electron chi connectivity index (χ4n) is 1.62. The van der Waals surface area contributed by atoms with E-state index in [1.807, 2.05) is 13.2 Å². The number of sulfonamides is 1. The molecule has 0 amide bonds.